The smallest absolute Gasteiger partial charge is 0.329 e. The number of anilines is 2. The Kier molecular flexibility index (Phi) is 8.04. The van der Waals surface area contributed by atoms with Crippen LogP contribution in [-0.4, -0.2) is 81.6 Å². The van der Waals surface area contributed by atoms with Crippen molar-refractivity contribution in [3.8, 4) is 5.75 Å². The summed E-state index contributed by atoms with van der Waals surface area (Å²) in [5.74, 6) is -0.258. The minimum Gasteiger partial charge on any atom is -0.496 e. The molecule has 0 aliphatic carbocycles. The van der Waals surface area contributed by atoms with Gasteiger partial charge in [-0.05, 0) is 42.5 Å². The summed E-state index contributed by atoms with van der Waals surface area (Å²) in [4.78, 5) is 37.7. The predicted molar refractivity (Wildman–Crippen MR) is 144 cm³/mol. The van der Waals surface area contributed by atoms with Crippen LogP contribution < -0.4 is 20.1 Å². The number of aromatic nitrogens is 2. The van der Waals surface area contributed by atoms with Crippen LogP contribution in [0.3, 0.4) is 0 Å². The van der Waals surface area contributed by atoms with Gasteiger partial charge in [0.25, 0.3) is 10.0 Å². The Bertz CT molecular complexity index is 1460. The second kappa shape index (κ2) is 11.1. The lowest BCUT2D eigenvalue weighted by molar-refractivity contribution is -0.153. The van der Waals surface area contributed by atoms with E-state index in [0.717, 1.165) is 16.7 Å². The second-order valence-corrected chi connectivity index (χ2v) is 11.9. The number of hydrogen-bond donors (Lipinski definition) is 2. The van der Waals surface area contributed by atoms with Gasteiger partial charge in [-0.1, -0.05) is 11.3 Å². The maximum absolute atomic E-state index is 13.4. The Hall–Kier alpha value is -3.49. The van der Waals surface area contributed by atoms with Gasteiger partial charge in [0.1, 0.15) is 23.7 Å². The standard InChI is InChI=1S/C24H30N6O6S2/c1-5-36-23(32)18(11-15-10-14-6-8-26-21(25)16(14)12-19(15)35-4)30-9-7-17(22(30)31)28-38(33,34)20-13-27-24(37-20)29(2)3/h6,8,10,12-13,17-18,28H,5,7,9,11H2,1-4H3,(H2,25,26). The quantitative estimate of drug-likeness (QED) is 0.346. The minimum absolute atomic E-state index is 0.00376. The molecule has 1 saturated heterocycles. The van der Waals surface area contributed by atoms with E-state index in [4.69, 9.17) is 15.2 Å². The normalized spacial score (nSPS) is 16.6. The summed E-state index contributed by atoms with van der Waals surface area (Å²) in [5, 5.41) is 2.03. The summed E-state index contributed by atoms with van der Waals surface area (Å²) >= 11 is 0.997. The molecule has 14 heteroatoms. The summed E-state index contributed by atoms with van der Waals surface area (Å²) in [7, 11) is 1.03. The molecule has 0 spiro atoms. The number of ether oxygens (including phenoxy) is 2. The zero-order valence-corrected chi connectivity index (χ0v) is 23.1. The largest absolute Gasteiger partial charge is 0.496 e. The second-order valence-electron chi connectivity index (χ2n) is 8.90. The maximum atomic E-state index is 13.4. The van der Waals surface area contributed by atoms with Crippen LogP contribution in [0.25, 0.3) is 10.8 Å². The van der Waals surface area contributed by atoms with Gasteiger partial charge in [-0.2, -0.15) is 4.72 Å². The highest BCUT2D eigenvalue weighted by Gasteiger charge is 2.42. The average Bonchev–Trinajstić information content (AvgIpc) is 3.51. The molecule has 0 saturated carbocycles. The molecule has 1 aliphatic rings. The number of pyridine rings is 1. The van der Waals surface area contributed by atoms with Crippen molar-refractivity contribution in [2.24, 2.45) is 0 Å². The summed E-state index contributed by atoms with van der Waals surface area (Å²) in [6.07, 6.45) is 3.15. The van der Waals surface area contributed by atoms with Gasteiger partial charge in [-0.3, -0.25) is 4.79 Å². The van der Waals surface area contributed by atoms with Gasteiger partial charge in [-0.25, -0.2) is 23.2 Å². The Morgan fingerprint density at radius 1 is 1.34 bits per heavy atom. The molecule has 2 unspecified atom stereocenters. The lowest BCUT2D eigenvalue weighted by Crippen LogP contribution is -2.48. The van der Waals surface area contributed by atoms with Crippen LogP contribution in [0.15, 0.2) is 34.8 Å². The highest BCUT2D eigenvalue weighted by atomic mass is 32.2. The molecule has 4 rings (SSSR count). The number of esters is 1. The van der Waals surface area contributed by atoms with E-state index in [9.17, 15) is 18.0 Å². The summed E-state index contributed by atoms with van der Waals surface area (Å²) in [5.41, 5.74) is 6.67. The predicted octanol–water partition coefficient (Wildman–Crippen LogP) is 1.40. The molecular weight excluding hydrogens is 532 g/mol. The van der Waals surface area contributed by atoms with Gasteiger partial charge in [0.15, 0.2) is 9.34 Å². The molecule has 0 radical (unpaired) electrons. The maximum Gasteiger partial charge on any atom is 0.329 e. The Morgan fingerprint density at radius 3 is 2.76 bits per heavy atom. The highest BCUT2D eigenvalue weighted by molar-refractivity contribution is 7.91. The third-order valence-electron chi connectivity index (χ3n) is 6.20. The molecule has 2 atom stereocenters. The molecule has 2 aromatic heterocycles. The van der Waals surface area contributed by atoms with Crippen LogP contribution in [0.1, 0.15) is 18.9 Å². The first kappa shape index (κ1) is 27.5. The average molecular weight is 563 g/mol. The number of likely N-dealkylation sites (tertiary alicyclic amines) is 1. The number of hydrogen-bond acceptors (Lipinski definition) is 11. The first-order valence-corrected chi connectivity index (χ1v) is 14.2. The fourth-order valence-electron chi connectivity index (χ4n) is 4.34. The number of sulfonamides is 1. The number of fused-ring (bicyclic) bond motifs is 1. The molecule has 1 aromatic carbocycles. The Balaban J connectivity index is 1.59. The van der Waals surface area contributed by atoms with Gasteiger partial charge < -0.3 is 25.0 Å². The lowest BCUT2D eigenvalue weighted by Gasteiger charge is -2.27. The molecule has 38 heavy (non-hydrogen) atoms. The van der Waals surface area contributed by atoms with Crippen molar-refractivity contribution in [3.05, 3.63) is 36.2 Å². The van der Waals surface area contributed by atoms with E-state index in [1.165, 1.54) is 18.2 Å². The monoisotopic (exact) mass is 562 g/mol. The lowest BCUT2D eigenvalue weighted by atomic mass is 10.00. The molecule has 0 bridgehead atoms. The number of amides is 1. The fraction of sp³-hybridized carbons (Fsp3) is 0.417. The Labute approximate surface area is 224 Å². The van der Waals surface area contributed by atoms with Crippen LogP contribution in [0.4, 0.5) is 10.9 Å². The molecule has 1 fully saturated rings. The summed E-state index contributed by atoms with van der Waals surface area (Å²) in [6, 6.07) is 3.37. The number of carbonyl (C=O) groups excluding carboxylic acids is 2. The van der Waals surface area contributed by atoms with Crippen molar-refractivity contribution < 1.29 is 27.5 Å². The highest BCUT2D eigenvalue weighted by Crippen LogP contribution is 2.31. The van der Waals surface area contributed by atoms with E-state index in [0.29, 0.717) is 27.6 Å². The summed E-state index contributed by atoms with van der Waals surface area (Å²) in [6.45, 7) is 1.99. The van der Waals surface area contributed by atoms with Crippen LogP contribution in [0.2, 0.25) is 0 Å². The molecule has 3 N–H and O–H groups in total. The van der Waals surface area contributed by atoms with Crippen molar-refractivity contribution in [2.75, 3.05) is 45.0 Å². The van der Waals surface area contributed by atoms with E-state index in [-0.39, 0.29) is 30.2 Å². The van der Waals surface area contributed by atoms with Crippen molar-refractivity contribution in [3.63, 3.8) is 0 Å². The molecular formula is C24H30N6O6S2. The molecule has 3 aromatic rings. The van der Waals surface area contributed by atoms with Gasteiger partial charge in [0, 0.05) is 38.6 Å². The first-order chi connectivity index (χ1) is 18.1. The van der Waals surface area contributed by atoms with E-state index < -0.39 is 34.0 Å². The van der Waals surface area contributed by atoms with Gasteiger partial charge in [0.05, 0.1) is 19.9 Å². The van der Waals surface area contributed by atoms with E-state index in [1.807, 2.05) is 6.07 Å². The third-order valence-corrected chi connectivity index (χ3v) is 9.30. The number of thiazole rings is 1. The van der Waals surface area contributed by atoms with Crippen LogP contribution in [-0.2, 0) is 30.8 Å². The van der Waals surface area contributed by atoms with Crippen LogP contribution in [0.5, 0.6) is 5.75 Å². The summed E-state index contributed by atoms with van der Waals surface area (Å²) < 4.78 is 39.2. The van der Waals surface area contributed by atoms with Gasteiger partial charge in [0.2, 0.25) is 5.91 Å². The topological polar surface area (TPSA) is 157 Å². The molecule has 12 nitrogen and oxygen atoms in total. The molecule has 1 aliphatic heterocycles. The number of nitrogen functional groups attached to an aromatic ring is 1. The van der Waals surface area contributed by atoms with Gasteiger partial charge in [-0.15, -0.1) is 0 Å². The van der Waals surface area contributed by atoms with Crippen molar-refractivity contribution in [2.45, 2.75) is 36.1 Å². The van der Waals surface area contributed by atoms with E-state index >= 15 is 0 Å². The van der Waals surface area contributed by atoms with Crippen LogP contribution in [0, 0.1) is 0 Å². The van der Waals surface area contributed by atoms with E-state index in [2.05, 4.69) is 14.7 Å². The molecule has 3 heterocycles. The van der Waals surface area contributed by atoms with Crippen molar-refractivity contribution in [1.29, 1.82) is 0 Å². The number of rotatable bonds is 10. The minimum atomic E-state index is -3.99. The van der Waals surface area contributed by atoms with Crippen molar-refractivity contribution in [1.82, 2.24) is 19.6 Å². The molecule has 204 valence electrons. The number of benzene rings is 1. The number of nitrogens with two attached hydrogens (primary N) is 1. The fourth-order valence-corrected chi connectivity index (χ4v) is 6.62. The van der Waals surface area contributed by atoms with Crippen molar-refractivity contribution >= 4 is 55.0 Å². The zero-order valence-electron chi connectivity index (χ0n) is 21.5. The number of nitrogens with one attached hydrogen (secondary N) is 1. The number of methoxy groups -OCH3 is 1. The van der Waals surface area contributed by atoms with Crippen LogP contribution >= 0.6 is 11.3 Å². The first-order valence-electron chi connectivity index (χ1n) is 11.9. The number of carbonyl (C=O) groups is 2. The zero-order chi connectivity index (χ0) is 27.6. The third kappa shape index (κ3) is 5.51. The number of nitrogens with zero attached hydrogens (tertiary/aromatic N) is 4. The molecule has 1 amide bonds. The van der Waals surface area contributed by atoms with Gasteiger partial charge >= 0.3 is 5.97 Å². The van der Waals surface area contributed by atoms with E-state index in [1.54, 1.807) is 44.2 Å². The Morgan fingerprint density at radius 2 is 2.11 bits per heavy atom. The SMILES string of the molecule is CCOC(=O)C(Cc1cc2ccnc(N)c2cc1OC)N1CCC(NS(=O)(=O)c2cnc(N(C)C)s2)C1=O.